The lowest BCUT2D eigenvalue weighted by Gasteiger charge is -2.20. The maximum atomic E-state index is 13.3. The van der Waals surface area contributed by atoms with Crippen LogP contribution < -0.4 is 15.6 Å². The Kier molecular flexibility index (Phi) is 5.44. The van der Waals surface area contributed by atoms with E-state index in [0.717, 1.165) is 37.1 Å². The summed E-state index contributed by atoms with van der Waals surface area (Å²) < 4.78 is 0. The Balaban J connectivity index is 1.64. The predicted octanol–water partition coefficient (Wildman–Crippen LogP) is 2.66. The molecule has 4 rings (SSSR count). The summed E-state index contributed by atoms with van der Waals surface area (Å²) in [6.45, 7) is 4.11. The fourth-order valence-electron chi connectivity index (χ4n) is 3.67. The van der Waals surface area contributed by atoms with Crippen molar-refractivity contribution in [2.75, 3.05) is 16.5 Å². The second kappa shape index (κ2) is 8.16. The van der Waals surface area contributed by atoms with Crippen LogP contribution in [-0.2, 0) is 22.4 Å². The van der Waals surface area contributed by atoms with Gasteiger partial charge in [0.2, 0.25) is 5.91 Å². The zero-order valence-electron chi connectivity index (χ0n) is 16.1. The van der Waals surface area contributed by atoms with Gasteiger partial charge in [-0.3, -0.25) is 19.5 Å². The lowest BCUT2D eigenvalue weighted by molar-refractivity contribution is -0.119. The fraction of sp³-hybridized carbons (Fsp3) is 0.333. The molecule has 1 aromatic carbocycles. The Morgan fingerprint density at radius 2 is 2.03 bits per heavy atom. The van der Waals surface area contributed by atoms with E-state index >= 15 is 0 Å². The molecule has 2 heterocycles. The lowest BCUT2D eigenvalue weighted by atomic mass is 10.0. The van der Waals surface area contributed by atoms with Crippen LogP contribution in [0.15, 0.2) is 48.1 Å². The molecule has 1 atom stereocenters. The molecule has 1 aromatic heterocycles. The SMILES string of the molecule is C=CCN(C(=O)C1=NN(c2ccccc2)C(C(N)=O)C1)c1nc2c(s1)CCCC2. The van der Waals surface area contributed by atoms with E-state index in [1.165, 1.54) is 9.89 Å². The zero-order chi connectivity index (χ0) is 20.4. The number of nitrogens with zero attached hydrogens (tertiary/aromatic N) is 4. The molecule has 150 valence electrons. The molecular weight excluding hydrogens is 386 g/mol. The minimum atomic E-state index is -0.688. The third-order valence-corrected chi connectivity index (χ3v) is 6.31. The van der Waals surface area contributed by atoms with Crippen molar-refractivity contribution in [1.29, 1.82) is 0 Å². The fourth-order valence-corrected chi connectivity index (χ4v) is 4.82. The van der Waals surface area contributed by atoms with Crippen molar-refractivity contribution in [2.45, 2.75) is 38.1 Å². The molecule has 7 nitrogen and oxygen atoms in total. The first-order valence-electron chi connectivity index (χ1n) is 9.71. The number of anilines is 2. The van der Waals surface area contributed by atoms with Crippen molar-refractivity contribution in [3.05, 3.63) is 53.6 Å². The van der Waals surface area contributed by atoms with Crippen LogP contribution in [0.3, 0.4) is 0 Å². The zero-order valence-corrected chi connectivity index (χ0v) is 16.9. The monoisotopic (exact) mass is 409 g/mol. The highest BCUT2D eigenvalue weighted by Crippen LogP contribution is 2.33. The second-order valence-corrected chi connectivity index (χ2v) is 8.19. The van der Waals surface area contributed by atoms with E-state index in [2.05, 4.69) is 11.7 Å². The minimum Gasteiger partial charge on any atom is -0.368 e. The standard InChI is InChI=1S/C21H23N5O2S/c1-2-12-25(21-23-15-10-6-7-11-18(15)29-21)20(28)16-13-17(19(22)27)26(24-16)14-8-4-3-5-9-14/h2-5,8-9,17H,1,6-7,10-13H2,(H2,22,27). The Morgan fingerprint density at radius 3 is 2.72 bits per heavy atom. The van der Waals surface area contributed by atoms with Gasteiger partial charge in [0.15, 0.2) is 5.13 Å². The number of nitrogens with two attached hydrogens (primary N) is 1. The van der Waals surface area contributed by atoms with Crippen LogP contribution in [0.1, 0.15) is 29.8 Å². The van der Waals surface area contributed by atoms with Gasteiger partial charge in [-0.1, -0.05) is 24.3 Å². The van der Waals surface area contributed by atoms with Crippen molar-refractivity contribution in [3.8, 4) is 0 Å². The molecule has 2 N–H and O–H groups in total. The summed E-state index contributed by atoms with van der Waals surface area (Å²) in [6, 6.07) is 8.57. The number of aromatic nitrogens is 1. The van der Waals surface area contributed by atoms with Gasteiger partial charge in [-0.25, -0.2) is 4.98 Å². The van der Waals surface area contributed by atoms with Crippen LogP contribution in [0, 0.1) is 0 Å². The normalized spacial score (nSPS) is 18.1. The van der Waals surface area contributed by atoms with E-state index in [1.54, 1.807) is 22.3 Å². The number of benzene rings is 1. The van der Waals surface area contributed by atoms with Gasteiger partial charge in [-0.2, -0.15) is 5.10 Å². The molecule has 2 amide bonds. The summed E-state index contributed by atoms with van der Waals surface area (Å²) >= 11 is 1.56. The minimum absolute atomic E-state index is 0.168. The molecule has 1 unspecified atom stereocenters. The number of carbonyl (C=O) groups excluding carboxylic acids is 2. The van der Waals surface area contributed by atoms with Gasteiger partial charge in [0, 0.05) is 17.8 Å². The third kappa shape index (κ3) is 3.80. The van der Waals surface area contributed by atoms with E-state index in [0.29, 0.717) is 17.4 Å². The van der Waals surface area contributed by atoms with Crippen LogP contribution in [-0.4, -0.2) is 35.1 Å². The van der Waals surface area contributed by atoms with Gasteiger partial charge in [-0.15, -0.1) is 17.9 Å². The molecular formula is C21H23N5O2S. The molecule has 0 spiro atoms. The Morgan fingerprint density at radius 1 is 1.28 bits per heavy atom. The number of hydrogen-bond donors (Lipinski definition) is 1. The number of primary amides is 1. The van der Waals surface area contributed by atoms with Crippen LogP contribution in [0.2, 0.25) is 0 Å². The number of hydrogen-bond acceptors (Lipinski definition) is 6. The van der Waals surface area contributed by atoms with Crippen molar-refractivity contribution >= 4 is 39.7 Å². The Hall–Kier alpha value is -3.00. The average molecular weight is 410 g/mol. The molecule has 0 radical (unpaired) electrons. The molecule has 29 heavy (non-hydrogen) atoms. The second-order valence-electron chi connectivity index (χ2n) is 7.13. The van der Waals surface area contributed by atoms with Crippen molar-refractivity contribution in [3.63, 3.8) is 0 Å². The number of para-hydroxylation sites is 1. The van der Waals surface area contributed by atoms with Crippen LogP contribution in [0.5, 0.6) is 0 Å². The average Bonchev–Trinajstić information content (AvgIpc) is 3.37. The van der Waals surface area contributed by atoms with Gasteiger partial charge in [0.25, 0.3) is 5.91 Å². The third-order valence-electron chi connectivity index (χ3n) is 5.13. The van der Waals surface area contributed by atoms with E-state index < -0.39 is 11.9 Å². The molecule has 1 aliphatic carbocycles. The van der Waals surface area contributed by atoms with E-state index in [9.17, 15) is 9.59 Å². The van der Waals surface area contributed by atoms with Crippen molar-refractivity contribution in [2.24, 2.45) is 10.8 Å². The molecule has 0 saturated carbocycles. The highest BCUT2D eigenvalue weighted by atomic mass is 32.1. The summed E-state index contributed by atoms with van der Waals surface area (Å²) in [5.41, 5.74) is 7.70. The Labute approximate surface area is 173 Å². The number of rotatable bonds is 6. The van der Waals surface area contributed by atoms with Gasteiger partial charge in [0.1, 0.15) is 11.8 Å². The molecule has 2 aromatic rings. The van der Waals surface area contributed by atoms with E-state index in [4.69, 9.17) is 10.7 Å². The lowest BCUT2D eigenvalue weighted by Crippen LogP contribution is -2.40. The first kappa shape index (κ1) is 19.3. The van der Waals surface area contributed by atoms with Crippen molar-refractivity contribution in [1.82, 2.24) is 4.98 Å². The van der Waals surface area contributed by atoms with Gasteiger partial charge in [0.05, 0.1) is 11.4 Å². The maximum Gasteiger partial charge on any atom is 0.276 e. The molecule has 2 aliphatic rings. The number of carbonyl (C=O) groups is 2. The van der Waals surface area contributed by atoms with Crippen molar-refractivity contribution < 1.29 is 9.59 Å². The summed E-state index contributed by atoms with van der Waals surface area (Å²) in [5.74, 6) is -0.777. The number of fused-ring (bicyclic) bond motifs is 1. The predicted molar refractivity (Wildman–Crippen MR) is 115 cm³/mol. The van der Waals surface area contributed by atoms with Gasteiger partial charge in [-0.05, 0) is 37.8 Å². The van der Waals surface area contributed by atoms with E-state index in [-0.39, 0.29) is 12.3 Å². The Bertz CT molecular complexity index is 945. The number of hydrazone groups is 1. The first-order chi connectivity index (χ1) is 14.1. The number of thiazole rings is 1. The quantitative estimate of drug-likeness (QED) is 0.743. The molecule has 8 heteroatoms. The molecule has 1 aliphatic heterocycles. The molecule has 0 bridgehead atoms. The van der Waals surface area contributed by atoms with Gasteiger partial charge >= 0.3 is 0 Å². The van der Waals surface area contributed by atoms with Crippen LogP contribution in [0.25, 0.3) is 0 Å². The number of amides is 2. The highest BCUT2D eigenvalue weighted by molar-refractivity contribution is 7.16. The van der Waals surface area contributed by atoms with E-state index in [1.807, 2.05) is 30.3 Å². The molecule has 0 fully saturated rings. The summed E-state index contributed by atoms with van der Waals surface area (Å²) in [7, 11) is 0. The largest absolute Gasteiger partial charge is 0.368 e. The smallest absolute Gasteiger partial charge is 0.276 e. The highest BCUT2D eigenvalue weighted by Gasteiger charge is 2.37. The summed E-state index contributed by atoms with van der Waals surface area (Å²) in [4.78, 5) is 32.9. The topological polar surface area (TPSA) is 91.9 Å². The van der Waals surface area contributed by atoms with Crippen LogP contribution in [0.4, 0.5) is 10.8 Å². The first-order valence-corrected chi connectivity index (χ1v) is 10.5. The maximum absolute atomic E-state index is 13.3. The summed E-state index contributed by atoms with van der Waals surface area (Å²) in [5, 5.41) is 6.67. The summed E-state index contributed by atoms with van der Waals surface area (Å²) in [6.07, 6.45) is 6.09. The van der Waals surface area contributed by atoms with Crippen LogP contribution >= 0.6 is 11.3 Å². The molecule has 0 saturated heterocycles. The number of aryl methyl sites for hydroxylation is 2. The van der Waals surface area contributed by atoms with Gasteiger partial charge < -0.3 is 5.73 Å².